The highest BCUT2D eigenvalue weighted by Crippen LogP contribution is 2.20. The quantitative estimate of drug-likeness (QED) is 0.0916. The average Bonchev–Trinajstić information content (AvgIpc) is 3.31. The van der Waals surface area contributed by atoms with Gasteiger partial charge in [0.15, 0.2) is 5.96 Å². The van der Waals surface area contributed by atoms with Crippen LogP contribution in [0.5, 0.6) is 0 Å². The summed E-state index contributed by atoms with van der Waals surface area (Å²) in [6.07, 6.45) is 4.51. The predicted octanol–water partition coefficient (Wildman–Crippen LogP) is -0.788. The summed E-state index contributed by atoms with van der Waals surface area (Å²) in [5, 5.41) is 14.8. The summed E-state index contributed by atoms with van der Waals surface area (Å²) >= 11 is 1.48. The van der Waals surface area contributed by atoms with Gasteiger partial charge in [-0.2, -0.15) is 11.8 Å². The number of likely N-dealkylation sites (tertiary alicyclic amines) is 1. The minimum atomic E-state index is -1.12. The Hall–Kier alpha value is -2.54. The Bertz CT molecular complexity index is 762. The van der Waals surface area contributed by atoms with Crippen LogP contribution in [0.1, 0.15) is 52.4 Å². The summed E-state index contributed by atoms with van der Waals surface area (Å²) in [6, 6.07) is -3.53. The molecule has 5 atom stereocenters. The highest BCUT2D eigenvalue weighted by molar-refractivity contribution is 7.98. The van der Waals surface area contributed by atoms with Gasteiger partial charge in [-0.25, -0.2) is 4.79 Å². The molecule has 0 aromatic heterocycles. The number of rotatable bonds is 15. The van der Waals surface area contributed by atoms with E-state index in [-0.39, 0.29) is 31.3 Å². The first kappa shape index (κ1) is 30.5. The Balaban J connectivity index is 2.98. The summed E-state index contributed by atoms with van der Waals surface area (Å²) in [5.41, 5.74) is 16.8. The SMILES string of the molecule is CCC(C)C(N)C(=O)NC(CCCN=C(N)N)C(=O)N1CCCC1C(=O)NC(CCSC)C(=O)O. The number of nitrogens with one attached hydrogen (secondary N) is 2. The molecule has 1 fully saturated rings. The smallest absolute Gasteiger partial charge is 0.326 e. The maximum absolute atomic E-state index is 13.5. The van der Waals surface area contributed by atoms with Crippen molar-refractivity contribution in [2.75, 3.05) is 25.1 Å². The summed E-state index contributed by atoms with van der Waals surface area (Å²) in [6.45, 7) is 4.39. The number of carbonyl (C=O) groups is 4. The zero-order valence-corrected chi connectivity index (χ0v) is 21.7. The zero-order valence-electron chi connectivity index (χ0n) is 20.9. The molecule has 5 unspecified atom stereocenters. The van der Waals surface area contributed by atoms with Crippen LogP contribution in [0.3, 0.4) is 0 Å². The summed E-state index contributed by atoms with van der Waals surface area (Å²) in [4.78, 5) is 56.0. The van der Waals surface area contributed by atoms with E-state index in [9.17, 15) is 24.3 Å². The molecule has 1 heterocycles. The number of nitrogens with zero attached hydrogens (tertiary/aromatic N) is 2. The third-order valence-electron chi connectivity index (χ3n) is 6.18. The lowest BCUT2D eigenvalue weighted by Crippen LogP contribution is -2.57. The van der Waals surface area contributed by atoms with Gasteiger partial charge in [-0.05, 0) is 50.0 Å². The number of aliphatic carboxylic acids is 1. The van der Waals surface area contributed by atoms with Gasteiger partial charge in [0.1, 0.15) is 18.1 Å². The van der Waals surface area contributed by atoms with Gasteiger partial charge in [0.05, 0.1) is 6.04 Å². The largest absolute Gasteiger partial charge is 0.480 e. The molecule has 9 N–H and O–H groups in total. The fourth-order valence-electron chi connectivity index (χ4n) is 3.81. The van der Waals surface area contributed by atoms with Crippen molar-refractivity contribution in [2.24, 2.45) is 28.1 Å². The van der Waals surface area contributed by atoms with Gasteiger partial charge >= 0.3 is 5.97 Å². The lowest BCUT2D eigenvalue weighted by Gasteiger charge is -2.30. The van der Waals surface area contributed by atoms with Gasteiger partial charge in [-0.15, -0.1) is 0 Å². The van der Waals surface area contributed by atoms with Gasteiger partial charge in [0.2, 0.25) is 17.7 Å². The van der Waals surface area contributed by atoms with E-state index in [0.29, 0.717) is 38.0 Å². The minimum Gasteiger partial charge on any atom is -0.480 e. The highest BCUT2D eigenvalue weighted by atomic mass is 32.2. The van der Waals surface area contributed by atoms with E-state index >= 15 is 0 Å². The van der Waals surface area contributed by atoms with E-state index in [0.717, 1.165) is 0 Å². The van der Waals surface area contributed by atoms with Crippen LogP contribution in [0.2, 0.25) is 0 Å². The maximum Gasteiger partial charge on any atom is 0.326 e. The molecule has 0 radical (unpaired) electrons. The second-order valence-electron chi connectivity index (χ2n) is 8.79. The number of thioether (sulfide) groups is 1. The molecule has 13 heteroatoms. The van der Waals surface area contributed by atoms with Gasteiger partial charge in [-0.3, -0.25) is 19.4 Å². The normalized spacial score (nSPS) is 18.7. The first-order chi connectivity index (χ1) is 16.5. The molecule has 3 amide bonds. The van der Waals surface area contributed by atoms with Gasteiger partial charge in [0.25, 0.3) is 0 Å². The highest BCUT2D eigenvalue weighted by Gasteiger charge is 2.39. The van der Waals surface area contributed by atoms with E-state index < -0.39 is 47.9 Å². The van der Waals surface area contributed by atoms with Crippen LogP contribution < -0.4 is 27.8 Å². The molecule has 1 aliphatic heterocycles. The number of carbonyl (C=O) groups excluding carboxylic acids is 3. The molecule has 1 saturated heterocycles. The molecule has 0 saturated carbocycles. The van der Waals surface area contributed by atoms with Crippen molar-refractivity contribution in [2.45, 2.75) is 76.5 Å². The van der Waals surface area contributed by atoms with Crippen LogP contribution in [0.25, 0.3) is 0 Å². The molecule has 1 aliphatic rings. The van der Waals surface area contributed by atoms with Crippen molar-refractivity contribution in [3.05, 3.63) is 0 Å². The van der Waals surface area contributed by atoms with Crippen molar-refractivity contribution < 1.29 is 24.3 Å². The molecule has 0 bridgehead atoms. The molecular weight excluding hydrogens is 474 g/mol. The molecule has 35 heavy (non-hydrogen) atoms. The van der Waals surface area contributed by atoms with Crippen LogP contribution in [0.15, 0.2) is 4.99 Å². The molecule has 0 spiro atoms. The first-order valence-corrected chi connectivity index (χ1v) is 13.4. The molecule has 0 aromatic rings. The van der Waals surface area contributed by atoms with Crippen molar-refractivity contribution in [3.8, 4) is 0 Å². The molecule has 0 aromatic carbocycles. The van der Waals surface area contributed by atoms with Gasteiger partial charge in [-0.1, -0.05) is 20.3 Å². The van der Waals surface area contributed by atoms with Crippen molar-refractivity contribution >= 4 is 41.4 Å². The number of carboxylic acids is 1. The Labute approximate surface area is 211 Å². The number of aliphatic imine (C=N–C) groups is 1. The van der Waals surface area contributed by atoms with Crippen LogP contribution in [-0.2, 0) is 19.2 Å². The predicted molar refractivity (Wildman–Crippen MR) is 137 cm³/mol. The number of hydrogen-bond donors (Lipinski definition) is 6. The molecule has 12 nitrogen and oxygen atoms in total. The van der Waals surface area contributed by atoms with Crippen molar-refractivity contribution in [3.63, 3.8) is 0 Å². The molecular formula is C22H41N7O5S. The third kappa shape index (κ3) is 9.92. The number of guanidine groups is 1. The average molecular weight is 516 g/mol. The Morgan fingerprint density at radius 1 is 1.17 bits per heavy atom. The van der Waals surface area contributed by atoms with Crippen LogP contribution in [-0.4, -0.2) is 88.9 Å². The van der Waals surface area contributed by atoms with Gasteiger partial charge < -0.3 is 37.8 Å². The standard InChI is InChI=1S/C22H41N7O5S/c1-4-13(2)17(23)19(31)27-14(7-5-10-26-22(24)25)20(32)29-11-6-8-16(29)18(30)28-15(21(33)34)9-12-35-3/h13-17H,4-12,23H2,1-3H3,(H,27,31)(H,28,30)(H,33,34)(H4,24,25,26). The van der Waals surface area contributed by atoms with E-state index in [4.69, 9.17) is 17.2 Å². The molecule has 0 aliphatic carbocycles. The first-order valence-electron chi connectivity index (χ1n) is 12.0. The van der Waals surface area contributed by atoms with E-state index in [1.807, 2.05) is 20.1 Å². The number of hydrogen-bond acceptors (Lipinski definition) is 7. The zero-order chi connectivity index (χ0) is 26.5. The van der Waals surface area contributed by atoms with E-state index in [2.05, 4.69) is 15.6 Å². The summed E-state index contributed by atoms with van der Waals surface area (Å²) < 4.78 is 0. The third-order valence-corrected chi connectivity index (χ3v) is 6.83. The summed E-state index contributed by atoms with van der Waals surface area (Å²) in [5.74, 6) is -2.05. The Morgan fingerprint density at radius 2 is 1.86 bits per heavy atom. The number of amides is 3. The Morgan fingerprint density at radius 3 is 2.43 bits per heavy atom. The van der Waals surface area contributed by atoms with Crippen molar-refractivity contribution in [1.82, 2.24) is 15.5 Å². The second kappa shape index (κ2) is 15.5. The maximum atomic E-state index is 13.5. The van der Waals surface area contributed by atoms with Gasteiger partial charge in [0, 0.05) is 13.1 Å². The number of carboxylic acid groups (broad SMARTS) is 1. The van der Waals surface area contributed by atoms with E-state index in [1.165, 1.54) is 16.7 Å². The van der Waals surface area contributed by atoms with E-state index in [1.54, 1.807) is 0 Å². The lowest BCUT2D eigenvalue weighted by molar-refractivity contribution is -0.145. The number of nitrogens with two attached hydrogens (primary N) is 3. The van der Waals surface area contributed by atoms with Crippen molar-refractivity contribution in [1.29, 1.82) is 0 Å². The fourth-order valence-corrected chi connectivity index (χ4v) is 4.28. The Kier molecular flexibility index (Phi) is 13.5. The molecule has 1 rings (SSSR count). The second-order valence-corrected chi connectivity index (χ2v) is 9.78. The minimum absolute atomic E-state index is 0.0681. The summed E-state index contributed by atoms with van der Waals surface area (Å²) in [7, 11) is 0. The lowest BCUT2D eigenvalue weighted by atomic mass is 9.98. The van der Waals surface area contributed by atoms with Crippen LogP contribution in [0.4, 0.5) is 0 Å². The van der Waals surface area contributed by atoms with Crippen LogP contribution >= 0.6 is 11.8 Å². The monoisotopic (exact) mass is 515 g/mol. The molecule has 200 valence electrons. The topological polar surface area (TPSA) is 206 Å². The van der Waals surface area contributed by atoms with Crippen LogP contribution in [0, 0.1) is 5.92 Å². The fraction of sp³-hybridized carbons (Fsp3) is 0.773.